The first-order valence-electron chi connectivity index (χ1n) is 8.42. The number of hydrogen-bond acceptors (Lipinski definition) is 6. The van der Waals surface area contributed by atoms with Gasteiger partial charge in [0.05, 0.1) is 12.9 Å². The Balaban J connectivity index is 1.61. The third kappa shape index (κ3) is 3.25. The van der Waals surface area contributed by atoms with Crippen molar-refractivity contribution >= 4 is 22.4 Å². The van der Waals surface area contributed by atoms with Gasteiger partial charge in [-0.05, 0) is 42.8 Å². The van der Waals surface area contributed by atoms with Gasteiger partial charge in [0.2, 0.25) is 4.96 Å². The molecule has 6 nitrogen and oxygen atoms in total. The highest BCUT2D eigenvalue weighted by molar-refractivity contribution is 7.15. The lowest BCUT2D eigenvalue weighted by Crippen LogP contribution is -2.23. The smallest absolute Gasteiger partial charge is 0.291 e. The lowest BCUT2D eigenvalue weighted by Gasteiger charge is -2.05. The summed E-state index contributed by atoms with van der Waals surface area (Å²) in [5.74, 6) is 1.98. The summed E-state index contributed by atoms with van der Waals surface area (Å²) >= 11 is 1.29. The molecule has 0 fully saturated rings. The number of thiazole rings is 1. The fourth-order valence-electron chi connectivity index (χ4n) is 2.49. The quantitative estimate of drug-likeness (QED) is 0.490. The minimum atomic E-state index is -0.195. The van der Waals surface area contributed by atoms with Crippen molar-refractivity contribution in [2.75, 3.05) is 6.61 Å². The van der Waals surface area contributed by atoms with E-state index in [1.807, 2.05) is 24.3 Å². The zero-order chi connectivity index (χ0) is 17.9. The van der Waals surface area contributed by atoms with Crippen LogP contribution in [0.1, 0.15) is 25.5 Å². The van der Waals surface area contributed by atoms with Crippen molar-refractivity contribution in [1.82, 2.24) is 14.6 Å². The Morgan fingerprint density at radius 3 is 2.81 bits per heavy atom. The van der Waals surface area contributed by atoms with E-state index in [-0.39, 0.29) is 5.56 Å². The van der Waals surface area contributed by atoms with Crippen LogP contribution in [-0.2, 0) is 0 Å². The number of aromatic nitrogens is 3. The van der Waals surface area contributed by atoms with Crippen molar-refractivity contribution in [1.29, 1.82) is 0 Å². The molecule has 0 unspecified atom stereocenters. The molecule has 0 radical (unpaired) electrons. The third-order valence-electron chi connectivity index (χ3n) is 3.88. The van der Waals surface area contributed by atoms with E-state index in [4.69, 9.17) is 9.15 Å². The summed E-state index contributed by atoms with van der Waals surface area (Å²) in [6.45, 7) is 2.84. The van der Waals surface area contributed by atoms with Crippen LogP contribution in [0.3, 0.4) is 0 Å². The first kappa shape index (κ1) is 16.5. The maximum absolute atomic E-state index is 12.5. The van der Waals surface area contributed by atoms with Crippen LogP contribution in [0.5, 0.6) is 5.75 Å². The largest absolute Gasteiger partial charge is 0.494 e. The van der Waals surface area contributed by atoms with Gasteiger partial charge in [-0.25, -0.2) is 0 Å². The third-order valence-corrected chi connectivity index (χ3v) is 4.84. The van der Waals surface area contributed by atoms with Gasteiger partial charge in [-0.3, -0.25) is 4.79 Å². The molecule has 26 heavy (non-hydrogen) atoms. The van der Waals surface area contributed by atoms with E-state index in [0.717, 1.165) is 24.2 Å². The summed E-state index contributed by atoms with van der Waals surface area (Å²) in [5.41, 5.74) is 0.652. The molecule has 0 aliphatic heterocycles. The maximum atomic E-state index is 12.5. The van der Waals surface area contributed by atoms with Crippen molar-refractivity contribution in [2.45, 2.75) is 19.8 Å². The monoisotopic (exact) mass is 367 g/mol. The molecule has 132 valence electrons. The second-order valence-electron chi connectivity index (χ2n) is 5.79. The summed E-state index contributed by atoms with van der Waals surface area (Å²) < 4.78 is 12.8. The molecule has 0 N–H and O–H groups in total. The minimum absolute atomic E-state index is 0.195. The molecule has 0 amide bonds. The van der Waals surface area contributed by atoms with Crippen molar-refractivity contribution in [2.24, 2.45) is 0 Å². The number of fused-ring (bicyclic) bond motifs is 1. The summed E-state index contributed by atoms with van der Waals surface area (Å²) in [5, 5.41) is 4.35. The first-order chi connectivity index (χ1) is 12.7. The normalized spacial score (nSPS) is 12.1. The van der Waals surface area contributed by atoms with E-state index in [2.05, 4.69) is 17.0 Å². The topological polar surface area (TPSA) is 69.6 Å². The molecule has 3 heterocycles. The second kappa shape index (κ2) is 7.13. The van der Waals surface area contributed by atoms with Crippen LogP contribution in [0.25, 0.3) is 22.4 Å². The second-order valence-corrected chi connectivity index (χ2v) is 6.80. The molecule has 7 heteroatoms. The molecule has 0 saturated heterocycles. The van der Waals surface area contributed by atoms with E-state index < -0.39 is 0 Å². The Labute approximate surface area is 153 Å². The lowest BCUT2D eigenvalue weighted by atomic mass is 10.2. The van der Waals surface area contributed by atoms with Gasteiger partial charge in [0.1, 0.15) is 16.0 Å². The first-order valence-corrected chi connectivity index (χ1v) is 9.24. The van der Waals surface area contributed by atoms with Crippen molar-refractivity contribution in [3.05, 3.63) is 63.3 Å². The molecule has 0 atom stereocenters. The fourth-order valence-corrected chi connectivity index (χ4v) is 3.38. The van der Waals surface area contributed by atoms with Gasteiger partial charge >= 0.3 is 0 Å². The van der Waals surface area contributed by atoms with Crippen LogP contribution in [0.15, 0.2) is 51.9 Å². The minimum Gasteiger partial charge on any atom is -0.494 e. The van der Waals surface area contributed by atoms with Gasteiger partial charge in [0.25, 0.3) is 5.56 Å². The molecular formula is C19H17N3O3S. The highest BCUT2D eigenvalue weighted by Gasteiger charge is 2.12. The Bertz CT molecular complexity index is 1110. The highest BCUT2D eigenvalue weighted by atomic mass is 32.1. The molecule has 0 bridgehead atoms. The van der Waals surface area contributed by atoms with Crippen LogP contribution in [0.2, 0.25) is 0 Å². The molecule has 4 aromatic rings. The van der Waals surface area contributed by atoms with Crippen LogP contribution >= 0.6 is 11.3 Å². The van der Waals surface area contributed by atoms with E-state index >= 15 is 0 Å². The van der Waals surface area contributed by atoms with Crippen molar-refractivity contribution < 1.29 is 9.15 Å². The molecule has 4 rings (SSSR count). The van der Waals surface area contributed by atoms with Gasteiger partial charge in [-0.1, -0.05) is 24.7 Å². The maximum Gasteiger partial charge on any atom is 0.291 e. The summed E-state index contributed by atoms with van der Waals surface area (Å²) in [7, 11) is 0. The van der Waals surface area contributed by atoms with Crippen LogP contribution in [-0.4, -0.2) is 21.2 Å². The van der Waals surface area contributed by atoms with E-state index in [9.17, 15) is 4.79 Å². The lowest BCUT2D eigenvalue weighted by molar-refractivity contribution is 0.309. The summed E-state index contributed by atoms with van der Waals surface area (Å²) in [4.78, 5) is 17.5. The average Bonchev–Trinajstić information content (AvgIpc) is 3.36. The number of hydrogen-bond donors (Lipinski definition) is 0. The van der Waals surface area contributed by atoms with Crippen molar-refractivity contribution in [3.8, 4) is 17.1 Å². The Hall–Kier alpha value is -2.93. The molecule has 0 saturated carbocycles. The molecule has 0 aliphatic carbocycles. The van der Waals surface area contributed by atoms with Crippen molar-refractivity contribution in [3.63, 3.8) is 0 Å². The molecule has 0 aliphatic rings. The van der Waals surface area contributed by atoms with Gasteiger partial charge in [-0.15, -0.1) is 5.10 Å². The highest BCUT2D eigenvalue weighted by Crippen LogP contribution is 2.20. The number of unbranched alkanes of at least 4 members (excludes halogenated alkanes) is 1. The number of rotatable bonds is 6. The predicted molar refractivity (Wildman–Crippen MR) is 100 cm³/mol. The zero-order valence-electron chi connectivity index (χ0n) is 14.2. The fraction of sp³-hybridized carbons (Fsp3) is 0.211. The molecule has 1 aromatic carbocycles. The van der Waals surface area contributed by atoms with E-state index in [1.165, 1.54) is 15.9 Å². The van der Waals surface area contributed by atoms with E-state index in [0.29, 0.717) is 27.7 Å². The standard InChI is InChI=1S/C19H17N3O3S/c1-2-3-10-24-14-8-6-13(7-9-14)17-20-19-22(21-17)18(23)16(26-19)12-15-5-4-11-25-15/h4-9,11-12H,2-3,10H2,1H3/b16-12+. The number of furan rings is 1. The molecular weight excluding hydrogens is 350 g/mol. The Morgan fingerprint density at radius 1 is 1.27 bits per heavy atom. The Kier molecular flexibility index (Phi) is 4.53. The SMILES string of the molecule is CCCCOc1ccc(-c2nc3s/c(=C/c4ccco4)c(=O)n3n2)cc1. The number of benzene rings is 1. The molecule has 3 aromatic heterocycles. The Morgan fingerprint density at radius 2 is 2.12 bits per heavy atom. The van der Waals surface area contributed by atoms with Gasteiger partial charge in [0.15, 0.2) is 5.82 Å². The number of nitrogens with zero attached hydrogens (tertiary/aromatic N) is 3. The van der Waals surface area contributed by atoms with Gasteiger partial charge in [-0.2, -0.15) is 9.50 Å². The van der Waals surface area contributed by atoms with Gasteiger partial charge in [0, 0.05) is 11.6 Å². The molecule has 0 spiro atoms. The van der Waals surface area contributed by atoms with Crippen LogP contribution in [0.4, 0.5) is 0 Å². The number of ether oxygens (including phenoxy) is 1. The summed E-state index contributed by atoms with van der Waals surface area (Å²) in [6.07, 6.45) is 5.40. The van der Waals surface area contributed by atoms with Crippen LogP contribution < -0.4 is 14.8 Å². The summed E-state index contributed by atoms with van der Waals surface area (Å²) in [6, 6.07) is 11.2. The predicted octanol–water partition coefficient (Wildman–Crippen LogP) is 3.14. The zero-order valence-corrected chi connectivity index (χ0v) is 15.0. The van der Waals surface area contributed by atoms with Gasteiger partial charge < -0.3 is 9.15 Å². The van der Waals surface area contributed by atoms with E-state index in [1.54, 1.807) is 24.5 Å². The average molecular weight is 367 g/mol. The van der Waals surface area contributed by atoms with Crippen LogP contribution in [0, 0.1) is 0 Å².